The molecule has 0 radical (unpaired) electrons. The quantitative estimate of drug-likeness (QED) is 0.770. The lowest BCUT2D eigenvalue weighted by Gasteiger charge is -2.37. The Labute approximate surface area is 109 Å². The summed E-state index contributed by atoms with van der Waals surface area (Å²) in [4.78, 5) is 8.63. The molecule has 2 heterocycles. The van der Waals surface area contributed by atoms with Crippen molar-refractivity contribution < 1.29 is 5.02 Å². The van der Waals surface area contributed by atoms with Gasteiger partial charge in [0, 0.05) is 19.1 Å². The standard InChI is InChI=1S/C12H21BN4O/c1-13(18)16(2)10-6-8-17(9-7-10)12-5-3-4-11(14)15-12/h3-5,10,18H,6-9H2,1-2H3,(H2,14,15). The van der Waals surface area contributed by atoms with Gasteiger partial charge in [0.05, 0.1) is 0 Å². The summed E-state index contributed by atoms with van der Waals surface area (Å²) in [6, 6.07) is 6.18. The minimum absolute atomic E-state index is 0.382. The van der Waals surface area contributed by atoms with Crippen LogP contribution in [0.15, 0.2) is 18.2 Å². The molecule has 1 aliphatic heterocycles. The van der Waals surface area contributed by atoms with Crippen molar-refractivity contribution in [3.05, 3.63) is 18.2 Å². The third-order valence-corrected chi connectivity index (χ3v) is 3.71. The van der Waals surface area contributed by atoms with Gasteiger partial charge in [-0.2, -0.15) is 0 Å². The molecule has 1 aromatic heterocycles. The van der Waals surface area contributed by atoms with Crippen LogP contribution in [0.25, 0.3) is 0 Å². The van der Waals surface area contributed by atoms with Crippen molar-refractivity contribution in [3.63, 3.8) is 0 Å². The van der Waals surface area contributed by atoms with Gasteiger partial charge in [-0.1, -0.05) is 6.07 Å². The largest absolute Gasteiger partial charge is 0.437 e. The van der Waals surface area contributed by atoms with E-state index in [1.807, 2.05) is 30.8 Å². The summed E-state index contributed by atoms with van der Waals surface area (Å²) in [5.41, 5.74) is 5.70. The second-order valence-corrected chi connectivity index (χ2v) is 4.94. The molecule has 0 atom stereocenters. The summed E-state index contributed by atoms with van der Waals surface area (Å²) < 4.78 is 0. The zero-order chi connectivity index (χ0) is 13.1. The molecule has 1 fully saturated rings. The van der Waals surface area contributed by atoms with E-state index in [9.17, 15) is 5.02 Å². The van der Waals surface area contributed by atoms with Gasteiger partial charge in [-0.15, -0.1) is 0 Å². The number of pyridine rings is 1. The maximum Gasteiger partial charge on any atom is 0.376 e. The van der Waals surface area contributed by atoms with E-state index in [4.69, 9.17) is 5.73 Å². The molecular formula is C12H21BN4O. The summed E-state index contributed by atoms with van der Waals surface area (Å²) in [5.74, 6) is 1.52. The first-order valence-corrected chi connectivity index (χ1v) is 6.45. The third kappa shape index (κ3) is 2.94. The number of rotatable bonds is 3. The highest BCUT2D eigenvalue weighted by atomic mass is 16.2. The summed E-state index contributed by atoms with van der Waals surface area (Å²) in [6.07, 6.45) is 2.08. The van der Waals surface area contributed by atoms with E-state index < -0.39 is 0 Å². The van der Waals surface area contributed by atoms with Gasteiger partial charge >= 0.3 is 7.05 Å². The van der Waals surface area contributed by atoms with Gasteiger partial charge < -0.3 is 20.5 Å². The molecule has 1 aliphatic rings. The Bertz CT molecular complexity index is 393. The lowest BCUT2D eigenvalue weighted by molar-refractivity contribution is 0.283. The second-order valence-electron chi connectivity index (χ2n) is 4.94. The highest BCUT2D eigenvalue weighted by Crippen LogP contribution is 2.21. The van der Waals surface area contributed by atoms with Crippen LogP contribution in [0.2, 0.25) is 6.82 Å². The summed E-state index contributed by atoms with van der Waals surface area (Å²) in [7, 11) is 1.59. The number of anilines is 2. The number of nitrogen functional groups attached to an aromatic ring is 1. The molecule has 1 saturated heterocycles. The SMILES string of the molecule is CB(O)N(C)C1CCN(c2cccc(N)n2)CC1. The Morgan fingerprint density at radius 2 is 2.11 bits per heavy atom. The molecule has 3 N–H and O–H groups in total. The van der Waals surface area contributed by atoms with Crippen molar-refractivity contribution in [2.24, 2.45) is 0 Å². The van der Waals surface area contributed by atoms with Crippen molar-refractivity contribution in [1.29, 1.82) is 0 Å². The second kappa shape index (κ2) is 5.58. The number of aromatic nitrogens is 1. The van der Waals surface area contributed by atoms with Gasteiger partial charge in [-0.3, -0.25) is 0 Å². The topological polar surface area (TPSA) is 65.6 Å². The molecule has 5 nitrogen and oxygen atoms in total. The molecule has 0 saturated carbocycles. The molecule has 1 aromatic rings. The van der Waals surface area contributed by atoms with Crippen LogP contribution in [0.5, 0.6) is 0 Å². The fourth-order valence-electron chi connectivity index (χ4n) is 2.42. The number of hydrogen-bond donors (Lipinski definition) is 2. The molecular weight excluding hydrogens is 227 g/mol. The van der Waals surface area contributed by atoms with E-state index in [-0.39, 0.29) is 7.05 Å². The van der Waals surface area contributed by atoms with Crippen LogP contribution in [0, 0.1) is 0 Å². The average Bonchev–Trinajstić information content (AvgIpc) is 2.38. The minimum Gasteiger partial charge on any atom is -0.437 e. The maximum atomic E-state index is 9.58. The number of piperidine rings is 1. The van der Waals surface area contributed by atoms with Crippen molar-refractivity contribution in [3.8, 4) is 0 Å². The molecule has 98 valence electrons. The van der Waals surface area contributed by atoms with E-state index in [1.54, 1.807) is 6.07 Å². The molecule has 0 aliphatic carbocycles. The molecule has 6 heteroatoms. The lowest BCUT2D eigenvalue weighted by Crippen LogP contribution is -2.48. The van der Waals surface area contributed by atoms with Crippen LogP contribution in [-0.2, 0) is 0 Å². The van der Waals surface area contributed by atoms with Crippen molar-refractivity contribution in [2.75, 3.05) is 30.8 Å². The summed E-state index contributed by atoms with van der Waals surface area (Å²) in [6.45, 7) is 3.72. The van der Waals surface area contributed by atoms with E-state index in [0.29, 0.717) is 11.9 Å². The molecule has 0 amide bonds. The lowest BCUT2D eigenvalue weighted by atomic mass is 9.82. The summed E-state index contributed by atoms with van der Waals surface area (Å²) >= 11 is 0. The Morgan fingerprint density at radius 1 is 1.44 bits per heavy atom. The maximum absolute atomic E-state index is 9.58. The Hall–Kier alpha value is -1.27. The predicted octanol–water partition coefficient (Wildman–Crippen LogP) is 0.675. The molecule has 2 rings (SSSR count). The normalized spacial score (nSPS) is 17.2. The molecule has 0 bridgehead atoms. The zero-order valence-corrected chi connectivity index (χ0v) is 11.1. The Morgan fingerprint density at radius 3 is 2.67 bits per heavy atom. The number of hydrogen-bond acceptors (Lipinski definition) is 5. The first kappa shape index (κ1) is 13.2. The van der Waals surface area contributed by atoms with Crippen LogP contribution in [0.1, 0.15) is 12.8 Å². The molecule has 0 aromatic carbocycles. The summed E-state index contributed by atoms with van der Waals surface area (Å²) in [5, 5.41) is 9.58. The van der Waals surface area contributed by atoms with E-state index in [0.717, 1.165) is 31.7 Å². The fraction of sp³-hybridized carbons (Fsp3) is 0.583. The van der Waals surface area contributed by atoms with Crippen molar-refractivity contribution >= 4 is 18.7 Å². The molecule has 0 unspecified atom stereocenters. The first-order chi connectivity index (χ1) is 8.58. The highest BCUT2D eigenvalue weighted by molar-refractivity contribution is 6.45. The smallest absolute Gasteiger partial charge is 0.376 e. The van der Waals surface area contributed by atoms with Crippen LogP contribution in [0.3, 0.4) is 0 Å². The Kier molecular flexibility index (Phi) is 4.09. The van der Waals surface area contributed by atoms with Crippen LogP contribution in [-0.4, -0.2) is 48.0 Å². The van der Waals surface area contributed by atoms with Crippen LogP contribution >= 0.6 is 0 Å². The monoisotopic (exact) mass is 248 g/mol. The fourth-order valence-corrected chi connectivity index (χ4v) is 2.42. The van der Waals surface area contributed by atoms with Crippen molar-refractivity contribution in [2.45, 2.75) is 25.7 Å². The molecule has 0 spiro atoms. The van der Waals surface area contributed by atoms with Crippen LogP contribution < -0.4 is 10.6 Å². The number of nitrogens with zero attached hydrogens (tertiary/aromatic N) is 3. The number of nitrogens with two attached hydrogens (primary N) is 1. The van der Waals surface area contributed by atoms with Gasteiger partial charge in [0.25, 0.3) is 0 Å². The third-order valence-electron chi connectivity index (χ3n) is 3.71. The van der Waals surface area contributed by atoms with E-state index in [1.165, 1.54) is 0 Å². The van der Waals surface area contributed by atoms with Gasteiger partial charge in [0.15, 0.2) is 0 Å². The highest BCUT2D eigenvalue weighted by Gasteiger charge is 2.26. The minimum atomic E-state index is -0.382. The predicted molar refractivity (Wildman–Crippen MR) is 75.5 cm³/mol. The van der Waals surface area contributed by atoms with Crippen molar-refractivity contribution in [1.82, 2.24) is 9.79 Å². The molecule has 18 heavy (non-hydrogen) atoms. The van der Waals surface area contributed by atoms with E-state index >= 15 is 0 Å². The zero-order valence-electron chi connectivity index (χ0n) is 11.1. The van der Waals surface area contributed by atoms with Gasteiger partial charge in [-0.25, -0.2) is 4.98 Å². The van der Waals surface area contributed by atoms with Crippen LogP contribution in [0.4, 0.5) is 11.6 Å². The van der Waals surface area contributed by atoms with E-state index in [2.05, 4.69) is 9.88 Å². The first-order valence-electron chi connectivity index (χ1n) is 6.45. The van der Waals surface area contributed by atoms with Gasteiger partial charge in [0.1, 0.15) is 11.6 Å². The Balaban J connectivity index is 1.94. The van der Waals surface area contributed by atoms with Gasteiger partial charge in [0.2, 0.25) is 0 Å². The van der Waals surface area contributed by atoms with Gasteiger partial charge in [-0.05, 0) is 38.8 Å². The average molecular weight is 248 g/mol.